The summed E-state index contributed by atoms with van der Waals surface area (Å²) in [6.07, 6.45) is 2.07. The van der Waals surface area contributed by atoms with Gasteiger partial charge in [-0.3, -0.25) is 0 Å². The van der Waals surface area contributed by atoms with Crippen LogP contribution in [-0.4, -0.2) is 29.6 Å². The average molecular weight is 283 g/mol. The van der Waals surface area contributed by atoms with Gasteiger partial charge >= 0.3 is 0 Å². The Labute approximate surface area is 125 Å². The smallest absolute Gasteiger partial charge is 0.127 e. The van der Waals surface area contributed by atoms with E-state index in [1.54, 1.807) is 0 Å². The highest BCUT2D eigenvalue weighted by Gasteiger charge is 2.16. The van der Waals surface area contributed by atoms with Crippen molar-refractivity contribution in [2.75, 3.05) is 19.6 Å². The number of β-amino-alcohol motifs (C(OH)–C–C–N with tert-alkyl or cyclic N) is 1. The van der Waals surface area contributed by atoms with Crippen LogP contribution in [0.1, 0.15) is 24.5 Å². The van der Waals surface area contributed by atoms with Crippen LogP contribution in [0, 0.1) is 0 Å². The number of rotatable bonds is 5. The monoisotopic (exact) mass is 283 g/mol. The largest absolute Gasteiger partial charge is 0.457 e. The number of para-hydroxylation sites is 1. The Bertz CT molecular complexity index is 547. The molecular weight excluding hydrogens is 262 g/mol. The first-order valence-electron chi connectivity index (χ1n) is 7.54. The van der Waals surface area contributed by atoms with Gasteiger partial charge in [0.05, 0.1) is 6.10 Å². The van der Waals surface area contributed by atoms with Gasteiger partial charge in [0.1, 0.15) is 11.5 Å². The van der Waals surface area contributed by atoms with Crippen molar-refractivity contribution in [3.63, 3.8) is 0 Å². The van der Waals surface area contributed by atoms with E-state index in [9.17, 15) is 5.11 Å². The number of aliphatic hydroxyl groups is 1. The van der Waals surface area contributed by atoms with Crippen molar-refractivity contribution in [2.24, 2.45) is 0 Å². The summed E-state index contributed by atoms with van der Waals surface area (Å²) in [5.74, 6) is 1.61. The fourth-order valence-corrected chi connectivity index (χ4v) is 2.70. The van der Waals surface area contributed by atoms with Crippen molar-refractivity contribution in [3.05, 3.63) is 60.2 Å². The Balaban J connectivity index is 1.60. The second-order valence-electron chi connectivity index (χ2n) is 5.51. The van der Waals surface area contributed by atoms with Crippen LogP contribution in [0.2, 0.25) is 0 Å². The van der Waals surface area contributed by atoms with Crippen LogP contribution in [0.15, 0.2) is 54.6 Å². The molecule has 0 spiro atoms. The molecule has 2 aromatic carbocycles. The fraction of sp³-hybridized carbons (Fsp3) is 0.333. The van der Waals surface area contributed by atoms with Crippen molar-refractivity contribution in [1.29, 1.82) is 0 Å². The number of ether oxygens (including phenoxy) is 1. The molecule has 0 aromatic heterocycles. The van der Waals surface area contributed by atoms with E-state index < -0.39 is 6.10 Å². The van der Waals surface area contributed by atoms with E-state index in [0.717, 1.165) is 36.7 Å². The van der Waals surface area contributed by atoms with E-state index in [1.165, 1.54) is 12.8 Å². The maximum absolute atomic E-state index is 10.3. The number of likely N-dealkylation sites (tertiary alicyclic amines) is 1. The maximum Gasteiger partial charge on any atom is 0.127 e. The van der Waals surface area contributed by atoms with Crippen molar-refractivity contribution in [2.45, 2.75) is 18.9 Å². The quantitative estimate of drug-likeness (QED) is 0.910. The second-order valence-corrected chi connectivity index (χ2v) is 5.51. The first-order valence-corrected chi connectivity index (χ1v) is 7.54. The van der Waals surface area contributed by atoms with Gasteiger partial charge in [-0.1, -0.05) is 30.3 Å². The Hall–Kier alpha value is -1.84. The molecule has 1 unspecified atom stereocenters. The number of benzene rings is 2. The number of nitrogens with zero attached hydrogens (tertiary/aromatic N) is 1. The van der Waals surface area contributed by atoms with E-state index >= 15 is 0 Å². The first kappa shape index (κ1) is 14.1. The molecule has 21 heavy (non-hydrogen) atoms. The minimum Gasteiger partial charge on any atom is -0.457 e. The Kier molecular flexibility index (Phi) is 4.53. The lowest BCUT2D eigenvalue weighted by Gasteiger charge is -2.19. The average Bonchev–Trinajstić information content (AvgIpc) is 3.02. The first-order chi connectivity index (χ1) is 10.3. The molecule has 1 atom stereocenters. The zero-order valence-corrected chi connectivity index (χ0v) is 12.1. The SMILES string of the molecule is OC(CN1CCCC1)c1ccc(Oc2ccccc2)cc1. The van der Waals surface area contributed by atoms with Crippen LogP contribution < -0.4 is 4.74 Å². The van der Waals surface area contributed by atoms with Gasteiger partial charge in [-0.25, -0.2) is 0 Å². The topological polar surface area (TPSA) is 32.7 Å². The molecule has 1 N–H and O–H groups in total. The lowest BCUT2D eigenvalue weighted by atomic mass is 10.1. The highest BCUT2D eigenvalue weighted by Crippen LogP contribution is 2.24. The Morgan fingerprint density at radius 2 is 1.52 bits per heavy atom. The zero-order chi connectivity index (χ0) is 14.5. The molecule has 1 aliphatic rings. The second kappa shape index (κ2) is 6.74. The summed E-state index contributed by atoms with van der Waals surface area (Å²) in [5, 5.41) is 10.3. The Morgan fingerprint density at radius 1 is 0.905 bits per heavy atom. The van der Waals surface area contributed by atoms with Crippen LogP contribution in [0.4, 0.5) is 0 Å². The summed E-state index contributed by atoms with van der Waals surface area (Å²) in [6.45, 7) is 2.93. The van der Waals surface area contributed by atoms with E-state index in [4.69, 9.17) is 4.74 Å². The molecular formula is C18H21NO2. The molecule has 1 saturated heterocycles. The lowest BCUT2D eigenvalue weighted by Crippen LogP contribution is -2.25. The maximum atomic E-state index is 10.3. The van der Waals surface area contributed by atoms with Crippen molar-refractivity contribution in [3.8, 4) is 11.5 Å². The van der Waals surface area contributed by atoms with Crippen molar-refractivity contribution in [1.82, 2.24) is 4.90 Å². The Morgan fingerprint density at radius 3 is 2.19 bits per heavy atom. The molecule has 3 heteroatoms. The summed E-state index contributed by atoms with van der Waals surface area (Å²) in [5.41, 5.74) is 0.947. The molecule has 0 amide bonds. The van der Waals surface area contributed by atoms with Crippen LogP contribution >= 0.6 is 0 Å². The molecule has 0 aliphatic carbocycles. The van der Waals surface area contributed by atoms with Gasteiger partial charge in [0.15, 0.2) is 0 Å². The molecule has 110 valence electrons. The molecule has 1 aliphatic heterocycles. The van der Waals surface area contributed by atoms with Crippen molar-refractivity contribution < 1.29 is 9.84 Å². The lowest BCUT2D eigenvalue weighted by molar-refractivity contribution is 0.126. The molecule has 0 bridgehead atoms. The van der Waals surface area contributed by atoms with E-state index in [-0.39, 0.29) is 0 Å². The summed E-state index contributed by atoms with van der Waals surface area (Å²) in [7, 11) is 0. The zero-order valence-electron chi connectivity index (χ0n) is 12.1. The van der Waals surface area contributed by atoms with Gasteiger partial charge < -0.3 is 14.7 Å². The third-order valence-corrected chi connectivity index (χ3v) is 3.87. The molecule has 2 aromatic rings. The standard InChI is InChI=1S/C18H21NO2/c20-18(14-19-12-4-5-13-19)15-8-10-17(11-9-15)21-16-6-2-1-3-7-16/h1-3,6-11,18,20H,4-5,12-14H2. The molecule has 1 heterocycles. The molecule has 0 saturated carbocycles. The van der Waals surface area contributed by atoms with Crippen LogP contribution in [0.3, 0.4) is 0 Å². The predicted octanol–water partition coefficient (Wildman–Crippen LogP) is 3.61. The summed E-state index contributed by atoms with van der Waals surface area (Å²) >= 11 is 0. The van der Waals surface area contributed by atoms with Gasteiger partial charge in [0.2, 0.25) is 0 Å². The summed E-state index contributed by atoms with van der Waals surface area (Å²) < 4.78 is 5.75. The van der Waals surface area contributed by atoms with E-state index in [1.807, 2.05) is 54.6 Å². The highest BCUT2D eigenvalue weighted by molar-refractivity contribution is 5.33. The number of hydrogen-bond donors (Lipinski definition) is 1. The summed E-state index contributed by atoms with van der Waals surface area (Å²) in [4.78, 5) is 2.32. The number of aliphatic hydroxyl groups excluding tert-OH is 1. The molecule has 3 nitrogen and oxygen atoms in total. The minimum atomic E-state index is -0.422. The molecule has 0 radical (unpaired) electrons. The van der Waals surface area contributed by atoms with E-state index in [2.05, 4.69) is 4.90 Å². The van der Waals surface area contributed by atoms with Crippen LogP contribution in [0.5, 0.6) is 11.5 Å². The molecule has 3 rings (SSSR count). The van der Waals surface area contributed by atoms with Gasteiger partial charge in [-0.15, -0.1) is 0 Å². The van der Waals surface area contributed by atoms with Gasteiger partial charge in [0.25, 0.3) is 0 Å². The number of hydrogen-bond acceptors (Lipinski definition) is 3. The fourth-order valence-electron chi connectivity index (χ4n) is 2.70. The van der Waals surface area contributed by atoms with E-state index in [0.29, 0.717) is 0 Å². The van der Waals surface area contributed by atoms with Crippen molar-refractivity contribution >= 4 is 0 Å². The van der Waals surface area contributed by atoms with Gasteiger partial charge in [-0.05, 0) is 55.8 Å². The molecule has 1 fully saturated rings. The minimum absolute atomic E-state index is 0.422. The van der Waals surface area contributed by atoms with Crippen LogP contribution in [0.25, 0.3) is 0 Å². The van der Waals surface area contributed by atoms with Crippen LogP contribution in [-0.2, 0) is 0 Å². The van der Waals surface area contributed by atoms with Gasteiger partial charge in [-0.2, -0.15) is 0 Å². The normalized spacial score (nSPS) is 16.8. The third-order valence-electron chi connectivity index (χ3n) is 3.87. The van der Waals surface area contributed by atoms with Gasteiger partial charge in [0, 0.05) is 6.54 Å². The highest BCUT2D eigenvalue weighted by atomic mass is 16.5. The third kappa shape index (κ3) is 3.84. The summed E-state index contributed by atoms with van der Waals surface area (Å²) in [6, 6.07) is 17.4. The predicted molar refractivity (Wildman–Crippen MR) is 83.6 cm³/mol.